The van der Waals surface area contributed by atoms with Gasteiger partial charge in [-0.2, -0.15) is 9.50 Å². The zero-order valence-corrected chi connectivity index (χ0v) is 13.3. The molecule has 0 spiro atoms. The van der Waals surface area contributed by atoms with Crippen LogP contribution in [0.25, 0.3) is 5.78 Å². The van der Waals surface area contributed by atoms with Crippen LogP contribution in [0.5, 0.6) is 5.75 Å². The predicted octanol–water partition coefficient (Wildman–Crippen LogP) is 1.63. The zero-order chi connectivity index (χ0) is 12.7. The second-order valence-electron chi connectivity index (χ2n) is 4.72. The van der Waals surface area contributed by atoms with Crippen molar-refractivity contribution in [1.29, 1.82) is 0 Å². The van der Waals surface area contributed by atoms with E-state index in [1.54, 1.807) is 4.52 Å². The highest BCUT2D eigenvalue weighted by Gasteiger charge is 2.20. The van der Waals surface area contributed by atoms with Gasteiger partial charge in [-0.15, -0.1) is 29.9 Å². The molecule has 1 aliphatic rings. The summed E-state index contributed by atoms with van der Waals surface area (Å²) in [6.07, 6.45) is 1.26. The summed E-state index contributed by atoms with van der Waals surface area (Å²) in [6.45, 7) is 7.72. The number of halogens is 2. The normalized spacial score (nSPS) is 17.6. The van der Waals surface area contributed by atoms with E-state index in [0.717, 1.165) is 42.5 Å². The van der Waals surface area contributed by atoms with E-state index in [0.29, 0.717) is 5.78 Å². The number of nitrogens with one attached hydrogen (secondary N) is 1. The first-order valence-electron chi connectivity index (χ1n) is 6.23. The third-order valence-corrected chi connectivity index (χ3v) is 3.24. The monoisotopic (exact) mass is 319 g/mol. The van der Waals surface area contributed by atoms with Gasteiger partial charge in [0.25, 0.3) is 5.78 Å². The summed E-state index contributed by atoms with van der Waals surface area (Å²) in [4.78, 5) is 8.72. The summed E-state index contributed by atoms with van der Waals surface area (Å²) in [5.41, 5.74) is 1.84. The van der Waals surface area contributed by atoms with Crippen molar-refractivity contribution in [1.82, 2.24) is 24.9 Å². The molecule has 1 fully saturated rings. The molecule has 1 N–H and O–H groups in total. The Morgan fingerprint density at radius 3 is 2.60 bits per heavy atom. The van der Waals surface area contributed by atoms with Crippen molar-refractivity contribution in [3.05, 3.63) is 17.2 Å². The second kappa shape index (κ2) is 6.56. The van der Waals surface area contributed by atoms with E-state index < -0.39 is 0 Å². The highest BCUT2D eigenvalue weighted by molar-refractivity contribution is 5.85. The van der Waals surface area contributed by atoms with E-state index in [9.17, 15) is 0 Å². The molecule has 0 aliphatic carbocycles. The van der Waals surface area contributed by atoms with Gasteiger partial charge in [-0.25, -0.2) is 4.98 Å². The Hall–Kier alpha value is -1.11. The Morgan fingerprint density at radius 2 is 1.95 bits per heavy atom. The van der Waals surface area contributed by atoms with Crippen LogP contribution in [0.15, 0.2) is 0 Å². The lowest BCUT2D eigenvalue weighted by Gasteiger charge is -2.16. The van der Waals surface area contributed by atoms with Crippen LogP contribution < -0.4 is 10.1 Å². The van der Waals surface area contributed by atoms with Crippen LogP contribution in [0.2, 0.25) is 0 Å². The van der Waals surface area contributed by atoms with E-state index in [1.807, 2.05) is 20.8 Å². The molecule has 0 amide bonds. The third-order valence-electron chi connectivity index (χ3n) is 3.24. The molecule has 1 unspecified atom stereocenters. The quantitative estimate of drug-likeness (QED) is 0.911. The van der Waals surface area contributed by atoms with Gasteiger partial charge in [-0.1, -0.05) is 0 Å². The molecule has 0 radical (unpaired) electrons. The Bertz CT molecular complexity index is 595. The van der Waals surface area contributed by atoms with Crippen molar-refractivity contribution in [3.63, 3.8) is 0 Å². The van der Waals surface area contributed by atoms with E-state index in [2.05, 4.69) is 20.4 Å². The Morgan fingerprint density at radius 1 is 1.20 bits per heavy atom. The lowest BCUT2D eigenvalue weighted by atomic mass is 10.3. The molecule has 3 heterocycles. The van der Waals surface area contributed by atoms with Gasteiger partial charge in [-0.3, -0.25) is 0 Å². The van der Waals surface area contributed by atoms with Gasteiger partial charge >= 0.3 is 0 Å². The van der Waals surface area contributed by atoms with E-state index in [1.165, 1.54) is 0 Å². The van der Waals surface area contributed by atoms with Crippen molar-refractivity contribution in [3.8, 4) is 5.75 Å². The first kappa shape index (κ1) is 16.9. The summed E-state index contributed by atoms with van der Waals surface area (Å²) in [7, 11) is 0. The predicted molar refractivity (Wildman–Crippen MR) is 81.4 cm³/mol. The number of fused-ring (bicyclic) bond motifs is 1. The smallest absolute Gasteiger partial charge is 0.253 e. The Balaban J connectivity index is 0.000001000. The van der Waals surface area contributed by atoms with E-state index in [4.69, 9.17) is 4.74 Å². The molecule has 2 aromatic rings. The van der Waals surface area contributed by atoms with Gasteiger partial charge in [0, 0.05) is 6.54 Å². The van der Waals surface area contributed by atoms with Gasteiger partial charge in [0.15, 0.2) is 5.75 Å². The molecule has 20 heavy (non-hydrogen) atoms. The minimum atomic E-state index is 0. The van der Waals surface area contributed by atoms with Crippen LogP contribution in [-0.4, -0.2) is 38.8 Å². The van der Waals surface area contributed by atoms with Gasteiger partial charge in [0.2, 0.25) is 0 Å². The number of rotatable bonds is 2. The summed E-state index contributed by atoms with van der Waals surface area (Å²) < 4.78 is 7.79. The van der Waals surface area contributed by atoms with Crippen LogP contribution in [0.4, 0.5) is 0 Å². The number of nitrogens with zero attached hydrogens (tertiary/aromatic N) is 4. The first-order valence-corrected chi connectivity index (χ1v) is 6.23. The average molecular weight is 320 g/mol. The standard InChI is InChI=1S/C12H17N5O.2ClH/c1-7-11(18-10-4-5-13-6-10)8(2)17-12(14-7)15-9(3)16-17;;/h10,13H,4-6H2,1-3H3;2*1H. The highest BCUT2D eigenvalue weighted by atomic mass is 35.5. The lowest BCUT2D eigenvalue weighted by Crippen LogP contribution is -2.21. The summed E-state index contributed by atoms with van der Waals surface area (Å²) in [5.74, 6) is 2.20. The topological polar surface area (TPSA) is 64.3 Å². The van der Waals surface area contributed by atoms with Crippen molar-refractivity contribution in [2.45, 2.75) is 33.3 Å². The second-order valence-corrected chi connectivity index (χ2v) is 4.72. The number of hydrogen-bond donors (Lipinski definition) is 1. The SMILES string of the molecule is Cc1nc2nc(C)c(OC3CCNC3)c(C)n2n1.Cl.Cl. The third kappa shape index (κ3) is 2.97. The first-order chi connectivity index (χ1) is 8.65. The van der Waals surface area contributed by atoms with Crippen molar-refractivity contribution < 1.29 is 4.74 Å². The van der Waals surface area contributed by atoms with Crippen LogP contribution in [0.1, 0.15) is 23.6 Å². The van der Waals surface area contributed by atoms with Crippen LogP contribution >= 0.6 is 24.8 Å². The van der Waals surface area contributed by atoms with Gasteiger partial charge in [-0.05, 0) is 33.7 Å². The Labute approximate surface area is 130 Å². The van der Waals surface area contributed by atoms with Gasteiger partial charge in [0.1, 0.15) is 11.9 Å². The molecule has 0 aromatic carbocycles. The highest BCUT2D eigenvalue weighted by Crippen LogP contribution is 2.24. The fourth-order valence-electron chi connectivity index (χ4n) is 2.33. The molecule has 0 saturated carbocycles. The summed E-state index contributed by atoms with van der Waals surface area (Å²) >= 11 is 0. The van der Waals surface area contributed by atoms with Crippen molar-refractivity contribution in [2.24, 2.45) is 0 Å². The molecule has 8 heteroatoms. The summed E-state index contributed by atoms with van der Waals surface area (Å²) in [5, 5.41) is 7.63. The van der Waals surface area contributed by atoms with E-state index in [-0.39, 0.29) is 30.9 Å². The zero-order valence-electron chi connectivity index (χ0n) is 11.7. The Kier molecular flexibility index (Phi) is 5.56. The van der Waals surface area contributed by atoms with Crippen LogP contribution in [0.3, 0.4) is 0 Å². The van der Waals surface area contributed by atoms with Gasteiger partial charge < -0.3 is 10.1 Å². The molecule has 3 rings (SSSR count). The molecular formula is C12H19Cl2N5O. The average Bonchev–Trinajstić information content (AvgIpc) is 2.93. The number of aromatic nitrogens is 4. The van der Waals surface area contributed by atoms with Crippen LogP contribution in [-0.2, 0) is 0 Å². The molecule has 1 aliphatic heterocycles. The maximum Gasteiger partial charge on any atom is 0.253 e. The molecular weight excluding hydrogens is 301 g/mol. The molecule has 6 nitrogen and oxygen atoms in total. The minimum Gasteiger partial charge on any atom is -0.485 e. The fraction of sp³-hybridized carbons (Fsp3) is 0.583. The lowest BCUT2D eigenvalue weighted by molar-refractivity contribution is 0.217. The minimum absolute atomic E-state index is 0. The molecule has 1 atom stereocenters. The fourth-order valence-corrected chi connectivity index (χ4v) is 2.33. The van der Waals surface area contributed by atoms with Crippen molar-refractivity contribution >= 4 is 30.6 Å². The number of ether oxygens (including phenoxy) is 1. The number of hydrogen-bond acceptors (Lipinski definition) is 5. The summed E-state index contributed by atoms with van der Waals surface area (Å²) in [6, 6.07) is 0. The molecule has 1 saturated heterocycles. The largest absolute Gasteiger partial charge is 0.485 e. The van der Waals surface area contributed by atoms with Gasteiger partial charge in [0.05, 0.1) is 11.4 Å². The van der Waals surface area contributed by atoms with Crippen molar-refractivity contribution in [2.75, 3.05) is 13.1 Å². The van der Waals surface area contributed by atoms with Crippen LogP contribution in [0, 0.1) is 20.8 Å². The molecule has 0 bridgehead atoms. The maximum atomic E-state index is 6.04. The van der Waals surface area contributed by atoms with E-state index >= 15 is 0 Å². The number of aryl methyl sites for hydroxylation is 3. The maximum absolute atomic E-state index is 6.04. The molecule has 112 valence electrons. The molecule has 2 aromatic heterocycles.